The summed E-state index contributed by atoms with van der Waals surface area (Å²) in [7, 11) is 0. The van der Waals surface area contributed by atoms with Crippen molar-refractivity contribution in [2.75, 3.05) is 0 Å². The van der Waals surface area contributed by atoms with Crippen molar-refractivity contribution in [1.82, 2.24) is 19.4 Å². The Kier molecular flexibility index (Phi) is 4.21. The highest BCUT2D eigenvalue weighted by Crippen LogP contribution is 2.30. The highest BCUT2D eigenvalue weighted by molar-refractivity contribution is 5.10. The zero-order valence-corrected chi connectivity index (χ0v) is 12.2. The van der Waals surface area contributed by atoms with Crippen LogP contribution in [-0.2, 0) is 13.1 Å². The first-order valence-corrected chi connectivity index (χ1v) is 7.72. The Morgan fingerprint density at radius 2 is 2.30 bits per heavy atom. The number of hydrogen-bond acceptors (Lipinski definition) is 2. The molecule has 1 saturated carbocycles. The topological polar surface area (TPSA) is 34.8 Å². The van der Waals surface area contributed by atoms with E-state index in [1.165, 1.54) is 31.2 Å². The van der Waals surface area contributed by atoms with E-state index in [4.69, 9.17) is 0 Å². The Balaban J connectivity index is 1.57. The van der Waals surface area contributed by atoms with Gasteiger partial charge in [0, 0.05) is 50.0 Å². The van der Waals surface area contributed by atoms with E-state index in [-0.39, 0.29) is 0 Å². The minimum Gasteiger partial charge on any atom is -0.354 e. The molecule has 108 valence electrons. The van der Waals surface area contributed by atoms with Crippen LogP contribution in [-0.4, -0.2) is 20.2 Å². The van der Waals surface area contributed by atoms with Gasteiger partial charge in [-0.25, -0.2) is 4.98 Å². The molecule has 0 aliphatic heterocycles. The molecule has 2 heterocycles. The van der Waals surface area contributed by atoms with Crippen LogP contribution in [0, 0.1) is 0 Å². The van der Waals surface area contributed by atoms with Crippen molar-refractivity contribution in [1.29, 1.82) is 0 Å². The molecule has 2 aromatic heterocycles. The Morgan fingerprint density at radius 1 is 1.35 bits per heavy atom. The van der Waals surface area contributed by atoms with Gasteiger partial charge in [0.05, 0.1) is 6.33 Å². The molecule has 1 N–H and O–H groups in total. The van der Waals surface area contributed by atoms with E-state index < -0.39 is 0 Å². The van der Waals surface area contributed by atoms with Gasteiger partial charge in [-0.3, -0.25) is 0 Å². The standard InChI is InChI=1S/C16H24N4/c1-2-8-19-9-6-14(12-19)11-18-15-4-3-5-16(15)20-10-7-17-13-20/h6-7,9-10,12-13,15-16,18H,2-5,8,11H2,1H3. The largest absolute Gasteiger partial charge is 0.354 e. The fourth-order valence-electron chi connectivity index (χ4n) is 3.24. The molecule has 1 fully saturated rings. The summed E-state index contributed by atoms with van der Waals surface area (Å²) in [6.07, 6.45) is 15.4. The quantitative estimate of drug-likeness (QED) is 0.877. The molecule has 0 saturated heterocycles. The molecule has 20 heavy (non-hydrogen) atoms. The van der Waals surface area contributed by atoms with E-state index in [1.54, 1.807) is 0 Å². The summed E-state index contributed by atoms with van der Waals surface area (Å²) in [6, 6.07) is 3.36. The second kappa shape index (κ2) is 6.27. The number of aromatic nitrogens is 3. The van der Waals surface area contributed by atoms with Gasteiger partial charge in [-0.2, -0.15) is 0 Å². The SMILES string of the molecule is CCCn1ccc(CNC2CCCC2n2ccnc2)c1. The minimum atomic E-state index is 0.565. The molecular formula is C16H24N4. The molecule has 0 spiro atoms. The van der Waals surface area contributed by atoms with Crippen LogP contribution in [0.1, 0.15) is 44.2 Å². The Bertz CT molecular complexity index is 514. The van der Waals surface area contributed by atoms with Crippen LogP contribution < -0.4 is 5.32 Å². The van der Waals surface area contributed by atoms with Gasteiger partial charge in [0.2, 0.25) is 0 Å². The number of hydrogen-bond donors (Lipinski definition) is 1. The third-order valence-electron chi connectivity index (χ3n) is 4.25. The van der Waals surface area contributed by atoms with Crippen molar-refractivity contribution in [3.05, 3.63) is 42.7 Å². The molecular weight excluding hydrogens is 248 g/mol. The van der Waals surface area contributed by atoms with Crippen molar-refractivity contribution in [3.8, 4) is 0 Å². The maximum absolute atomic E-state index is 4.18. The van der Waals surface area contributed by atoms with Gasteiger partial charge in [-0.05, 0) is 37.3 Å². The summed E-state index contributed by atoms with van der Waals surface area (Å²) in [5, 5.41) is 3.73. The lowest BCUT2D eigenvalue weighted by Crippen LogP contribution is -2.33. The van der Waals surface area contributed by atoms with Gasteiger partial charge in [0.1, 0.15) is 0 Å². The van der Waals surface area contributed by atoms with Crippen molar-refractivity contribution >= 4 is 0 Å². The van der Waals surface area contributed by atoms with Gasteiger partial charge in [-0.15, -0.1) is 0 Å². The zero-order chi connectivity index (χ0) is 13.8. The monoisotopic (exact) mass is 272 g/mol. The number of nitrogens with one attached hydrogen (secondary N) is 1. The van der Waals surface area contributed by atoms with Crippen LogP contribution in [0.15, 0.2) is 37.2 Å². The molecule has 0 radical (unpaired) electrons. The highest BCUT2D eigenvalue weighted by atomic mass is 15.1. The first-order chi connectivity index (χ1) is 9.86. The molecule has 2 atom stereocenters. The van der Waals surface area contributed by atoms with Crippen LogP contribution in [0.4, 0.5) is 0 Å². The normalized spacial score (nSPS) is 22.4. The summed E-state index contributed by atoms with van der Waals surface area (Å²) < 4.78 is 4.53. The Hall–Kier alpha value is -1.55. The van der Waals surface area contributed by atoms with E-state index >= 15 is 0 Å². The average Bonchev–Trinajstić information content (AvgIpc) is 3.18. The smallest absolute Gasteiger partial charge is 0.0949 e. The van der Waals surface area contributed by atoms with Gasteiger partial charge in [-0.1, -0.05) is 6.92 Å². The van der Waals surface area contributed by atoms with Crippen LogP contribution in [0.2, 0.25) is 0 Å². The minimum absolute atomic E-state index is 0.565. The van der Waals surface area contributed by atoms with Gasteiger partial charge in [0.15, 0.2) is 0 Å². The lowest BCUT2D eigenvalue weighted by Gasteiger charge is -2.22. The van der Waals surface area contributed by atoms with E-state index in [0.29, 0.717) is 12.1 Å². The second-order valence-electron chi connectivity index (χ2n) is 5.75. The van der Waals surface area contributed by atoms with Crippen molar-refractivity contribution in [3.63, 3.8) is 0 Å². The van der Waals surface area contributed by atoms with Gasteiger partial charge < -0.3 is 14.5 Å². The van der Waals surface area contributed by atoms with Gasteiger partial charge in [0.25, 0.3) is 0 Å². The number of nitrogens with zero attached hydrogens (tertiary/aromatic N) is 3. The van der Waals surface area contributed by atoms with Crippen LogP contribution in [0.5, 0.6) is 0 Å². The Morgan fingerprint density at radius 3 is 3.10 bits per heavy atom. The maximum Gasteiger partial charge on any atom is 0.0949 e. The summed E-state index contributed by atoms with van der Waals surface area (Å²) in [6.45, 7) is 4.29. The first-order valence-electron chi connectivity index (χ1n) is 7.72. The lowest BCUT2D eigenvalue weighted by molar-refractivity contribution is 0.390. The molecule has 2 aromatic rings. The molecule has 4 nitrogen and oxygen atoms in total. The summed E-state index contributed by atoms with van der Waals surface area (Å²) in [4.78, 5) is 4.18. The molecule has 0 bridgehead atoms. The van der Waals surface area contributed by atoms with Gasteiger partial charge >= 0.3 is 0 Å². The fourth-order valence-corrected chi connectivity index (χ4v) is 3.24. The molecule has 1 aliphatic carbocycles. The third kappa shape index (κ3) is 2.96. The average molecular weight is 272 g/mol. The number of imidazole rings is 1. The molecule has 2 unspecified atom stereocenters. The summed E-state index contributed by atoms with van der Waals surface area (Å²) >= 11 is 0. The van der Waals surface area contributed by atoms with E-state index in [2.05, 4.69) is 51.0 Å². The number of aryl methyl sites for hydroxylation is 1. The second-order valence-corrected chi connectivity index (χ2v) is 5.75. The van der Waals surface area contributed by atoms with Crippen molar-refractivity contribution in [2.45, 2.75) is 57.8 Å². The zero-order valence-electron chi connectivity index (χ0n) is 12.2. The summed E-state index contributed by atoms with van der Waals surface area (Å²) in [5.41, 5.74) is 1.38. The molecule has 3 rings (SSSR count). The highest BCUT2D eigenvalue weighted by Gasteiger charge is 2.27. The summed E-state index contributed by atoms with van der Waals surface area (Å²) in [5.74, 6) is 0. The lowest BCUT2D eigenvalue weighted by atomic mass is 10.1. The fraction of sp³-hybridized carbons (Fsp3) is 0.562. The molecule has 0 amide bonds. The number of rotatable bonds is 6. The predicted molar refractivity (Wildman–Crippen MR) is 80.5 cm³/mol. The first kappa shape index (κ1) is 13.4. The Labute approximate surface area is 120 Å². The van der Waals surface area contributed by atoms with Crippen LogP contribution in [0.25, 0.3) is 0 Å². The van der Waals surface area contributed by atoms with Crippen molar-refractivity contribution in [2.24, 2.45) is 0 Å². The molecule has 1 aliphatic rings. The van der Waals surface area contributed by atoms with Crippen molar-refractivity contribution < 1.29 is 0 Å². The molecule has 4 heteroatoms. The van der Waals surface area contributed by atoms with Crippen LogP contribution >= 0.6 is 0 Å². The van der Waals surface area contributed by atoms with E-state index in [9.17, 15) is 0 Å². The molecule has 0 aromatic carbocycles. The maximum atomic E-state index is 4.18. The van der Waals surface area contributed by atoms with E-state index in [0.717, 1.165) is 13.1 Å². The third-order valence-corrected chi connectivity index (χ3v) is 4.25. The predicted octanol–water partition coefficient (Wildman–Crippen LogP) is 2.98. The van der Waals surface area contributed by atoms with Crippen LogP contribution in [0.3, 0.4) is 0 Å². The van der Waals surface area contributed by atoms with E-state index in [1.807, 2.05) is 12.5 Å².